The summed E-state index contributed by atoms with van der Waals surface area (Å²) in [6, 6.07) is 6.17. The number of halogens is 3. The van der Waals surface area contributed by atoms with Gasteiger partial charge in [0.1, 0.15) is 11.5 Å². The number of nitrogens with zero attached hydrogens (tertiary/aromatic N) is 3. The summed E-state index contributed by atoms with van der Waals surface area (Å²) < 4.78 is 52.4. The highest BCUT2D eigenvalue weighted by Gasteiger charge is 2.32. The number of carbonyl (C=O) groups is 2. The Hall–Kier alpha value is -3.28. The summed E-state index contributed by atoms with van der Waals surface area (Å²) in [6.45, 7) is 3.45. The molecule has 1 aromatic carbocycles. The molecule has 3 fully saturated rings. The molecule has 0 spiro atoms. The molecule has 2 aromatic rings. The summed E-state index contributed by atoms with van der Waals surface area (Å²) in [5.74, 6) is -0.121. The van der Waals surface area contributed by atoms with Crippen LogP contribution in [0.2, 0.25) is 0 Å². The van der Waals surface area contributed by atoms with E-state index in [1.165, 1.54) is 12.5 Å². The van der Waals surface area contributed by atoms with Gasteiger partial charge in [0.15, 0.2) is 12.3 Å². The molecular weight excluding hydrogens is 587 g/mol. The van der Waals surface area contributed by atoms with Gasteiger partial charge in [-0.2, -0.15) is 18.3 Å². The quantitative estimate of drug-likeness (QED) is 0.264. The zero-order chi connectivity index (χ0) is 31.8. The minimum Gasteiger partial charge on any atom is -0.493 e. The number of carbonyl (C=O) groups excluding carboxylic acids is 2. The second kappa shape index (κ2) is 15.3. The summed E-state index contributed by atoms with van der Waals surface area (Å²) >= 11 is 0. The number of hydrogen-bond donors (Lipinski definition) is 2. The molecule has 248 valence electrons. The molecule has 0 radical (unpaired) electrons. The molecule has 1 atom stereocenters. The first-order valence-electron chi connectivity index (χ1n) is 16.6. The van der Waals surface area contributed by atoms with E-state index in [0.29, 0.717) is 30.0 Å². The third-order valence-electron chi connectivity index (χ3n) is 9.05. The number of aromatic nitrogens is 2. The van der Waals surface area contributed by atoms with Crippen molar-refractivity contribution in [2.45, 2.75) is 108 Å². The van der Waals surface area contributed by atoms with Gasteiger partial charge in [0.25, 0.3) is 5.91 Å². The van der Waals surface area contributed by atoms with E-state index in [9.17, 15) is 22.8 Å². The van der Waals surface area contributed by atoms with Crippen molar-refractivity contribution < 1.29 is 32.2 Å². The van der Waals surface area contributed by atoms with Gasteiger partial charge in [-0.1, -0.05) is 25.3 Å². The van der Waals surface area contributed by atoms with Crippen LogP contribution in [0, 0.1) is 0 Å². The minimum atomic E-state index is -4.52. The molecule has 9 nitrogen and oxygen atoms in total. The maximum atomic E-state index is 13.8. The lowest BCUT2D eigenvalue weighted by Crippen LogP contribution is -2.45. The molecule has 2 saturated carbocycles. The van der Waals surface area contributed by atoms with E-state index in [1.54, 1.807) is 29.8 Å². The Morgan fingerprint density at radius 1 is 1.00 bits per heavy atom. The van der Waals surface area contributed by atoms with E-state index in [0.717, 1.165) is 77.4 Å². The van der Waals surface area contributed by atoms with Crippen LogP contribution in [0.4, 0.5) is 13.2 Å². The number of alkyl halides is 3. The van der Waals surface area contributed by atoms with Crippen LogP contribution in [-0.4, -0.2) is 77.6 Å². The largest absolute Gasteiger partial charge is 0.493 e. The van der Waals surface area contributed by atoms with E-state index >= 15 is 0 Å². The number of amides is 2. The summed E-state index contributed by atoms with van der Waals surface area (Å²) in [7, 11) is 0. The average molecular weight is 634 g/mol. The van der Waals surface area contributed by atoms with Gasteiger partial charge in [-0.05, 0) is 89.6 Å². The molecule has 1 aromatic heterocycles. The Bertz CT molecular complexity index is 1280. The zero-order valence-corrected chi connectivity index (χ0v) is 26.2. The summed E-state index contributed by atoms with van der Waals surface area (Å²) in [5.41, 5.74) is 0.955. The number of likely N-dealkylation sites (tertiary alicyclic amines) is 1. The average Bonchev–Trinajstić information content (AvgIpc) is 3.68. The van der Waals surface area contributed by atoms with Crippen molar-refractivity contribution in [2.75, 3.05) is 32.8 Å². The molecule has 5 rings (SSSR count). The lowest BCUT2D eigenvalue weighted by Gasteiger charge is -2.29. The third kappa shape index (κ3) is 9.14. The number of ether oxygens (including phenoxy) is 2. The highest BCUT2D eigenvalue weighted by molar-refractivity contribution is 5.94. The van der Waals surface area contributed by atoms with Crippen molar-refractivity contribution >= 4 is 11.8 Å². The lowest BCUT2D eigenvalue weighted by molar-refractivity contribution is -0.153. The molecule has 45 heavy (non-hydrogen) atoms. The first-order valence-corrected chi connectivity index (χ1v) is 16.6. The van der Waals surface area contributed by atoms with E-state index < -0.39 is 18.7 Å². The van der Waals surface area contributed by atoms with Crippen LogP contribution in [0.5, 0.6) is 11.5 Å². The first-order chi connectivity index (χ1) is 21.7. The summed E-state index contributed by atoms with van der Waals surface area (Å²) in [6.07, 6.45) is 6.54. The molecule has 1 saturated heterocycles. The van der Waals surface area contributed by atoms with Crippen LogP contribution in [0.3, 0.4) is 0 Å². The molecule has 0 unspecified atom stereocenters. The molecule has 2 amide bonds. The number of piperidine rings is 1. The van der Waals surface area contributed by atoms with Gasteiger partial charge >= 0.3 is 6.18 Å². The van der Waals surface area contributed by atoms with Crippen molar-refractivity contribution in [3.8, 4) is 22.8 Å². The van der Waals surface area contributed by atoms with Gasteiger partial charge in [-0.15, -0.1) is 0 Å². The molecule has 12 heteroatoms. The van der Waals surface area contributed by atoms with Crippen LogP contribution in [0.1, 0.15) is 101 Å². The van der Waals surface area contributed by atoms with Gasteiger partial charge < -0.3 is 25.0 Å². The fraction of sp³-hybridized carbons (Fsp3) is 0.667. The smallest absolute Gasteiger partial charge is 0.422 e. The predicted octanol–water partition coefficient (Wildman–Crippen LogP) is 6.04. The predicted molar refractivity (Wildman–Crippen MR) is 164 cm³/mol. The second-order valence-corrected chi connectivity index (χ2v) is 12.5. The maximum Gasteiger partial charge on any atom is 0.422 e. The van der Waals surface area contributed by atoms with Gasteiger partial charge in [0, 0.05) is 25.0 Å². The Kier molecular flexibility index (Phi) is 11.3. The SMILES string of the molecule is CCOc1cccc(OCC(F)(F)F)c1-c1cc(C(=O)N[C@@H](CCN2CCCCC2)CC(=O)NC2CCC2)nn1C1CCCC1. The van der Waals surface area contributed by atoms with E-state index in [-0.39, 0.29) is 41.9 Å². The summed E-state index contributed by atoms with van der Waals surface area (Å²) in [5, 5.41) is 10.9. The van der Waals surface area contributed by atoms with Gasteiger partial charge in [0.2, 0.25) is 5.91 Å². The maximum absolute atomic E-state index is 13.8. The van der Waals surface area contributed by atoms with Crippen molar-refractivity contribution in [1.82, 2.24) is 25.3 Å². The molecule has 3 aliphatic rings. The molecule has 1 aliphatic heterocycles. The Balaban J connectivity index is 1.41. The fourth-order valence-electron chi connectivity index (χ4n) is 6.51. The van der Waals surface area contributed by atoms with E-state index in [1.807, 2.05) is 0 Å². The van der Waals surface area contributed by atoms with Crippen molar-refractivity contribution in [2.24, 2.45) is 0 Å². The van der Waals surface area contributed by atoms with E-state index in [4.69, 9.17) is 14.6 Å². The second-order valence-electron chi connectivity index (χ2n) is 12.5. The number of rotatable bonds is 14. The standard InChI is InChI=1S/C33H46F3N5O4/c1-2-44-28-14-9-15-29(45-22-33(34,35)36)31(28)27-21-26(39-41(27)25-12-4-5-13-25)32(43)38-24(16-19-40-17-6-3-7-18-40)20-30(42)37-23-10-8-11-23/h9,14-15,21,23-25H,2-8,10-13,16-20,22H2,1H3,(H,37,42)(H,38,43)/t24-/m0/s1. The monoisotopic (exact) mass is 633 g/mol. The molecular formula is C33H46F3N5O4. The number of benzene rings is 1. The third-order valence-corrected chi connectivity index (χ3v) is 9.05. The van der Waals surface area contributed by atoms with Crippen LogP contribution in [-0.2, 0) is 4.79 Å². The zero-order valence-electron chi connectivity index (χ0n) is 26.2. The fourth-order valence-corrected chi connectivity index (χ4v) is 6.51. The minimum absolute atomic E-state index is 0.0106. The number of hydrogen-bond acceptors (Lipinski definition) is 6. The normalized spacial score (nSPS) is 18.8. The van der Waals surface area contributed by atoms with Crippen molar-refractivity contribution in [3.63, 3.8) is 0 Å². The van der Waals surface area contributed by atoms with Gasteiger partial charge in [-0.25, -0.2) is 0 Å². The van der Waals surface area contributed by atoms with Crippen LogP contribution in [0.25, 0.3) is 11.3 Å². The summed E-state index contributed by atoms with van der Waals surface area (Å²) in [4.78, 5) is 29.1. The molecule has 2 aliphatic carbocycles. The number of nitrogens with one attached hydrogen (secondary N) is 2. The molecule has 0 bridgehead atoms. The van der Waals surface area contributed by atoms with Crippen molar-refractivity contribution in [3.05, 3.63) is 30.0 Å². The van der Waals surface area contributed by atoms with Crippen LogP contribution >= 0.6 is 0 Å². The highest BCUT2D eigenvalue weighted by atomic mass is 19.4. The Morgan fingerprint density at radius 3 is 2.36 bits per heavy atom. The Labute approximate surface area is 263 Å². The van der Waals surface area contributed by atoms with Crippen LogP contribution in [0.15, 0.2) is 24.3 Å². The highest BCUT2D eigenvalue weighted by Crippen LogP contribution is 2.42. The Morgan fingerprint density at radius 2 is 1.71 bits per heavy atom. The molecule has 2 N–H and O–H groups in total. The molecule has 2 heterocycles. The van der Waals surface area contributed by atoms with Crippen LogP contribution < -0.4 is 20.1 Å². The van der Waals surface area contributed by atoms with Gasteiger partial charge in [-0.3, -0.25) is 14.3 Å². The van der Waals surface area contributed by atoms with Crippen molar-refractivity contribution in [1.29, 1.82) is 0 Å². The lowest BCUT2D eigenvalue weighted by atomic mass is 9.93. The van der Waals surface area contributed by atoms with E-state index in [2.05, 4.69) is 15.5 Å². The topological polar surface area (TPSA) is 97.7 Å². The first kappa shape index (κ1) is 33.1. The van der Waals surface area contributed by atoms with Gasteiger partial charge in [0.05, 0.1) is 23.9 Å².